The Morgan fingerprint density at radius 2 is 1.29 bits per heavy atom. The molecule has 0 aliphatic rings. The second kappa shape index (κ2) is 11.0. The Morgan fingerprint density at radius 1 is 0.706 bits per heavy atom. The van der Waals surface area contributed by atoms with Gasteiger partial charge in [-0.2, -0.15) is 0 Å². The van der Waals surface area contributed by atoms with Gasteiger partial charge in [-0.15, -0.1) is 0 Å². The van der Waals surface area contributed by atoms with Crippen molar-refractivity contribution in [2.75, 3.05) is 0 Å². The van der Waals surface area contributed by atoms with Crippen LogP contribution >= 0.6 is 12.2 Å². The summed E-state index contributed by atoms with van der Waals surface area (Å²) < 4.78 is 0. The molecule has 0 saturated carbocycles. The molecule has 0 spiro atoms. The normalized spacial score (nSPS) is 10.9. The number of hydrogen-bond acceptors (Lipinski definition) is 3. The first kappa shape index (κ1) is 22.9. The van der Waals surface area contributed by atoms with E-state index < -0.39 is 11.8 Å². The molecule has 4 aromatic carbocycles. The van der Waals surface area contributed by atoms with Crippen LogP contribution in [0.1, 0.15) is 22.6 Å². The largest absolute Gasteiger partial charge is 0.298 e. The molecular formula is C28H23N3O2S. The molecule has 0 radical (unpaired) electrons. The molecule has 0 atom stereocenters. The Balaban J connectivity index is 1.37. The van der Waals surface area contributed by atoms with Crippen LogP contribution in [-0.2, 0) is 9.59 Å². The van der Waals surface area contributed by atoms with Crippen LogP contribution in [0.2, 0.25) is 0 Å². The van der Waals surface area contributed by atoms with Gasteiger partial charge in [-0.05, 0) is 45.8 Å². The second-order valence-corrected chi connectivity index (χ2v) is 8.00. The molecule has 34 heavy (non-hydrogen) atoms. The topological polar surface area (TPSA) is 70.2 Å². The second-order valence-electron chi connectivity index (χ2n) is 7.59. The summed E-state index contributed by atoms with van der Waals surface area (Å²) in [4.78, 5) is 25.4. The van der Waals surface area contributed by atoms with E-state index in [0.29, 0.717) is 0 Å². The highest BCUT2D eigenvalue weighted by Gasteiger charge is 2.22. The summed E-state index contributed by atoms with van der Waals surface area (Å²) in [6, 6.07) is 32.8. The van der Waals surface area contributed by atoms with Crippen LogP contribution in [0, 0.1) is 0 Å². The summed E-state index contributed by atoms with van der Waals surface area (Å²) in [5.74, 6) is -1.22. The van der Waals surface area contributed by atoms with Crippen molar-refractivity contribution in [2.45, 2.75) is 5.92 Å². The summed E-state index contributed by atoms with van der Waals surface area (Å²) in [5.41, 5.74) is 7.86. The van der Waals surface area contributed by atoms with Crippen LogP contribution in [0.3, 0.4) is 0 Å². The minimum Gasteiger partial charge on any atom is -0.298 e. The number of benzene rings is 4. The quantitative estimate of drug-likeness (QED) is 0.227. The number of carbonyl (C=O) groups is 2. The molecule has 0 fully saturated rings. The highest BCUT2D eigenvalue weighted by Crippen LogP contribution is 2.24. The molecule has 0 aliphatic heterocycles. The molecule has 0 saturated heterocycles. The number of amides is 2. The molecule has 5 nitrogen and oxygen atoms in total. The SMILES string of the molecule is O=C(/C=C/c1cccc2ccccc12)NC(=S)NNC(=O)C(c1ccccc1)c1ccccc1. The fraction of sp³-hybridized carbons (Fsp3) is 0.0357. The first-order valence-corrected chi connectivity index (χ1v) is 11.2. The number of hydrazine groups is 1. The summed E-state index contributed by atoms with van der Waals surface area (Å²) in [7, 11) is 0. The van der Waals surface area contributed by atoms with E-state index in [2.05, 4.69) is 16.2 Å². The van der Waals surface area contributed by atoms with Crippen LogP contribution in [0.15, 0.2) is 109 Å². The van der Waals surface area contributed by atoms with E-state index in [1.807, 2.05) is 103 Å². The Hall–Kier alpha value is -4.29. The third-order valence-electron chi connectivity index (χ3n) is 5.30. The standard InChI is InChI=1S/C28H23N3O2S/c32-25(19-18-21-16-9-15-20-10-7-8-17-24(20)21)29-28(34)31-30-27(33)26(22-11-3-1-4-12-22)23-13-5-2-6-14-23/h1-19,26H,(H,30,33)(H2,29,31,32,34)/b19-18+. The van der Waals surface area contributed by atoms with Gasteiger partial charge in [0, 0.05) is 6.08 Å². The van der Waals surface area contributed by atoms with E-state index in [1.54, 1.807) is 6.08 Å². The van der Waals surface area contributed by atoms with E-state index in [1.165, 1.54) is 6.08 Å². The number of thiocarbonyl (C=S) groups is 1. The van der Waals surface area contributed by atoms with E-state index in [4.69, 9.17) is 12.2 Å². The molecule has 0 unspecified atom stereocenters. The third-order valence-corrected chi connectivity index (χ3v) is 5.51. The lowest BCUT2D eigenvalue weighted by atomic mass is 9.91. The van der Waals surface area contributed by atoms with Crippen LogP contribution < -0.4 is 16.2 Å². The fourth-order valence-electron chi connectivity index (χ4n) is 3.72. The van der Waals surface area contributed by atoms with E-state index in [-0.39, 0.29) is 11.0 Å². The summed E-state index contributed by atoms with van der Waals surface area (Å²) in [6.07, 6.45) is 3.15. The lowest BCUT2D eigenvalue weighted by molar-refractivity contribution is -0.122. The number of fused-ring (bicyclic) bond motifs is 1. The molecule has 168 valence electrons. The molecule has 0 bridgehead atoms. The number of carbonyl (C=O) groups excluding carboxylic acids is 2. The Morgan fingerprint density at radius 3 is 1.97 bits per heavy atom. The van der Waals surface area contributed by atoms with Crippen molar-refractivity contribution in [3.05, 3.63) is 126 Å². The van der Waals surface area contributed by atoms with E-state index in [9.17, 15) is 9.59 Å². The third kappa shape index (κ3) is 5.74. The van der Waals surface area contributed by atoms with Crippen molar-refractivity contribution in [3.63, 3.8) is 0 Å². The predicted octanol–water partition coefficient (Wildman–Crippen LogP) is 4.71. The zero-order valence-corrected chi connectivity index (χ0v) is 19.1. The van der Waals surface area contributed by atoms with Crippen molar-refractivity contribution in [3.8, 4) is 0 Å². The van der Waals surface area contributed by atoms with Gasteiger partial charge in [0.2, 0.25) is 11.8 Å². The number of nitrogens with one attached hydrogen (secondary N) is 3. The number of hydrogen-bond donors (Lipinski definition) is 3. The van der Waals surface area contributed by atoms with Gasteiger partial charge >= 0.3 is 0 Å². The average molecular weight is 466 g/mol. The lowest BCUT2D eigenvalue weighted by Crippen LogP contribution is -2.49. The summed E-state index contributed by atoms with van der Waals surface area (Å²) in [6.45, 7) is 0. The minimum atomic E-state index is -0.528. The van der Waals surface area contributed by atoms with E-state index in [0.717, 1.165) is 27.5 Å². The van der Waals surface area contributed by atoms with E-state index >= 15 is 0 Å². The van der Waals surface area contributed by atoms with Crippen LogP contribution in [-0.4, -0.2) is 16.9 Å². The smallest absolute Gasteiger partial charge is 0.250 e. The molecular weight excluding hydrogens is 442 g/mol. The maximum Gasteiger partial charge on any atom is 0.250 e. The molecule has 4 aromatic rings. The van der Waals surface area contributed by atoms with Crippen molar-refractivity contribution in [1.82, 2.24) is 16.2 Å². The molecule has 0 heterocycles. The maximum absolute atomic E-state index is 13.0. The zero-order valence-electron chi connectivity index (χ0n) is 18.3. The van der Waals surface area contributed by atoms with Gasteiger partial charge in [0.1, 0.15) is 0 Å². The van der Waals surface area contributed by atoms with Crippen LogP contribution in [0.5, 0.6) is 0 Å². The van der Waals surface area contributed by atoms with Crippen molar-refractivity contribution in [1.29, 1.82) is 0 Å². The monoisotopic (exact) mass is 465 g/mol. The van der Waals surface area contributed by atoms with Crippen LogP contribution in [0.4, 0.5) is 0 Å². The Labute approximate surface area is 203 Å². The van der Waals surface area contributed by atoms with Gasteiger partial charge < -0.3 is 0 Å². The first-order chi connectivity index (χ1) is 16.6. The first-order valence-electron chi connectivity index (χ1n) is 10.8. The summed E-state index contributed by atoms with van der Waals surface area (Å²) in [5, 5.41) is 4.70. The average Bonchev–Trinajstić information content (AvgIpc) is 2.87. The maximum atomic E-state index is 13.0. The van der Waals surface area contributed by atoms with Gasteiger partial charge in [0.05, 0.1) is 5.92 Å². The predicted molar refractivity (Wildman–Crippen MR) is 140 cm³/mol. The Bertz CT molecular complexity index is 1290. The zero-order chi connectivity index (χ0) is 23.8. The van der Waals surface area contributed by atoms with Gasteiger partial charge in [-0.3, -0.25) is 25.8 Å². The Kier molecular flexibility index (Phi) is 7.42. The molecule has 0 aromatic heterocycles. The molecule has 3 N–H and O–H groups in total. The van der Waals surface area contributed by atoms with Gasteiger partial charge in [0.15, 0.2) is 5.11 Å². The molecule has 4 rings (SSSR count). The fourth-order valence-corrected chi connectivity index (χ4v) is 3.87. The highest BCUT2D eigenvalue weighted by molar-refractivity contribution is 7.80. The van der Waals surface area contributed by atoms with Crippen LogP contribution in [0.25, 0.3) is 16.8 Å². The van der Waals surface area contributed by atoms with Crippen molar-refractivity contribution < 1.29 is 9.59 Å². The summed E-state index contributed by atoms with van der Waals surface area (Å²) >= 11 is 5.18. The minimum absolute atomic E-state index is 0.000734. The van der Waals surface area contributed by atoms with Gasteiger partial charge in [-0.25, -0.2) is 0 Å². The van der Waals surface area contributed by atoms with Gasteiger partial charge in [0.25, 0.3) is 0 Å². The number of rotatable bonds is 5. The highest BCUT2D eigenvalue weighted by atomic mass is 32.1. The van der Waals surface area contributed by atoms with Crippen molar-refractivity contribution >= 4 is 46.0 Å². The lowest BCUT2D eigenvalue weighted by Gasteiger charge is -2.18. The van der Waals surface area contributed by atoms with Crippen molar-refractivity contribution in [2.24, 2.45) is 0 Å². The molecule has 2 amide bonds. The van der Waals surface area contributed by atoms with Gasteiger partial charge in [-0.1, -0.05) is 103 Å². The molecule has 0 aliphatic carbocycles. The molecule has 6 heteroatoms.